The molecule has 1 aliphatic heterocycles. The number of methoxy groups -OCH3 is 1. The number of carbonyl (C=O) groups is 1. The van der Waals surface area contributed by atoms with Crippen molar-refractivity contribution in [3.05, 3.63) is 41.4 Å². The molecular formula is C23H32N4O4. The van der Waals surface area contributed by atoms with Gasteiger partial charge in [0.1, 0.15) is 12.4 Å². The van der Waals surface area contributed by atoms with E-state index in [1.165, 1.54) is 19.2 Å². The fourth-order valence-corrected chi connectivity index (χ4v) is 3.62. The Balaban J connectivity index is 1.90. The van der Waals surface area contributed by atoms with Crippen LogP contribution in [0.1, 0.15) is 64.5 Å². The van der Waals surface area contributed by atoms with Crippen molar-refractivity contribution in [3.8, 4) is 11.5 Å². The standard InChI is InChI=1S/C23H32N4O4/c1-5-7-8-9-13-30-18-11-10-17(14-19(18)29-4)21-20(22(28)31-12-6-2)16(3)26-23-24-15-25-27(21)23/h10-11,14-15,21H,5-9,12-13H2,1-4H3,(H,24,25,26)/t21-/m0/s1. The Hall–Kier alpha value is -3.03. The van der Waals surface area contributed by atoms with Crippen LogP contribution in [0.25, 0.3) is 0 Å². The minimum Gasteiger partial charge on any atom is -0.493 e. The predicted molar refractivity (Wildman–Crippen MR) is 118 cm³/mol. The van der Waals surface area contributed by atoms with E-state index < -0.39 is 6.04 Å². The van der Waals surface area contributed by atoms with Crippen LogP contribution in [0.3, 0.4) is 0 Å². The number of rotatable bonds is 11. The van der Waals surface area contributed by atoms with Crippen molar-refractivity contribution in [2.45, 2.75) is 58.9 Å². The van der Waals surface area contributed by atoms with Gasteiger partial charge in [0, 0.05) is 5.70 Å². The largest absolute Gasteiger partial charge is 0.493 e. The number of nitrogens with one attached hydrogen (secondary N) is 1. The van der Waals surface area contributed by atoms with E-state index in [1.54, 1.807) is 11.8 Å². The Morgan fingerprint density at radius 2 is 1.97 bits per heavy atom. The van der Waals surface area contributed by atoms with E-state index in [0.717, 1.165) is 24.8 Å². The number of anilines is 1. The Morgan fingerprint density at radius 3 is 2.71 bits per heavy atom. The number of hydrogen-bond acceptors (Lipinski definition) is 7. The molecule has 31 heavy (non-hydrogen) atoms. The summed E-state index contributed by atoms with van der Waals surface area (Å²) in [5, 5.41) is 7.49. The molecule has 2 heterocycles. The smallest absolute Gasteiger partial charge is 0.338 e. The Kier molecular flexibility index (Phi) is 7.92. The molecule has 0 saturated carbocycles. The molecule has 168 valence electrons. The minimum absolute atomic E-state index is 0.362. The number of ether oxygens (including phenoxy) is 3. The van der Waals surface area contributed by atoms with E-state index in [1.807, 2.05) is 32.0 Å². The molecule has 0 aliphatic carbocycles. The Bertz CT molecular complexity index is 922. The van der Waals surface area contributed by atoms with Crippen molar-refractivity contribution in [1.29, 1.82) is 0 Å². The number of unbranched alkanes of at least 4 members (excludes halogenated alkanes) is 3. The van der Waals surface area contributed by atoms with E-state index in [9.17, 15) is 4.79 Å². The Morgan fingerprint density at radius 1 is 1.13 bits per heavy atom. The number of fused-ring (bicyclic) bond motifs is 1. The average molecular weight is 429 g/mol. The first-order valence-electron chi connectivity index (χ1n) is 11.0. The molecule has 8 heteroatoms. The highest BCUT2D eigenvalue weighted by molar-refractivity contribution is 5.92. The molecule has 1 aliphatic rings. The second-order valence-corrected chi connectivity index (χ2v) is 7.55. The number of aromatic nitrogens is 3. The molecule has 0 amide bonds. The maximum atomic E-state index is 12.9. The number of carbonyl (C=O) groups excluding carboxylic acids is 1. The lowest BCUT2D eigenvalue weighted by Crippen LogP contribution is -2.29. The zero-order valence-corrected chi connectivity index (χ0v) is 18.8. The number of nitrogens with zero attached hydrogens (tertiary/aromatic N) is 3. The van der Waals surface area contributed by atoms with Gasteiger partial charge in [-0.1, -0.05) is 39.2 Å². The van der Waals surface area contributed by atoms with Crippen LogP contribution in [-0.4, -0.2) is 41.1 Å². The molecule has 0 spiro atoms. The van der Waals surface area contributed by atoms with Crippen LogP contribution in [0.15, 0.2) is 35.8 Å². The van der Waals surface area contributed by atoms with Gasteiger partial charge in [-0.15, -0.1) is 0 Å². The number of allylic oxidation sites excluding steroid dienone is 1. The van der Waals surface area contributed by atoms with Crippen LogP contribution >= 0.6 is 0 Å². The molecular weight excluding hydrogens is 396 g/mol. The van der Waals surface area contributed by atoms with Crippen molar-refractivity contribution in [1.82, 2.24) is 14.8 Å². The lowest BCUT2D eigenvalue weighted by Gasteiger charge is -2.28. The van der Waals surface area contributed by atoms with Crippen LogP contribution in [0.2, 0.25) is 0 Å². The van der Waals surface area contributed by atoms with Crippen LogP contribution in [0.5, 0.6) is 11.5 Å². The van der Waals surface area contributed by atoms with E-state index in [0.29, 0.717) is 41.9 Å². The third-order valence-electron chi connectivity index (χ3n) is 5.21. The summed E-state index contributed by atoms with van der Waals surface area (Å²) in [6, 6.07) is 5.24. The summed E-state index contributed by atoms with van der Waals surface area (Å²) < 4.78 is 18.7. The minimum atomic E-state index is -0.476. The van der Waals surface area contributed by atoms with Gasteiger partial charge >= 0.3 is 5.97 Å². The quantitative estimate of drug-likeness (QED) is 0.417. The number of benzene rings is 1. The van der Waals surface area contributed by atoms with Crippen LogP contribution in [0.4, 0.5) is 5.95 Å². The van der Waals surface area contributed by atoms with Gasteiger partial charge in [0.15, 0.2) is 11.5 Å². The summed E-state index contributed by atoms with van der Waals surface area (Å²) in [5.41, 5.74) is 2.04. The predicted octanol–water partition coefficient (Wildman–Crippen LogP) is 4.49. The zero-order chi connectivity index (χ0) is 22.2. The number of hydrogen-bond donors (Lipinski definition) is 1. The van der Waals surface area contributed by atoms with Gasteiger partial charge in [0.25, 0.3) is 0 Å². The highest BCUT2D eigenvalue weighted by Crippen LogP contribution is 2.38. The highest BCUT2D eigenvalue weighted by Gasteiger charge is 2.34. The lowest BCUT2D eigenvalue weighted by molar-refractivity contribution is -0.139. The molecule has 0 fully saturated rings. The summed E-state index contributed by atoms with van der Waals surface area (Å²) in [7, 11) is 1.61. The van der Waals surface area contributed by atoms with Gasteiger partial charge in [0.05, 0.1) is 25.9 Å². The molecule has 1 N–H and O–H groups in total. The maximum absolute atomic E-state index is 12.9. The molecule has 0 radical (unpaired) electrons. The van der Waals surface area contributed by atoms with Crippen LogP contribution < -0.4 is 14.8 Å². The van der Waals surface area contributed by atoms with Gasteiger partial charge in [-0.05, 0) is 37.5 Å². The maximum Gasteiger partial charge on any atom is 0.338 e. The third kappa shape index (κ3) is 5.18. The highest BCUT2D eigenvalue weighted by atomic mass is 16.5. The summed E-state index contributed by atoms with van der Waals surface area (Å²) in [4.78, 5) is 17.2. The summed E-state index contributed by atoms with van der Waals surface area (Å²) in [5.74, 6) is 1.51. The fourth-order valence-electron chi connectivity index (χ4n) is 3.62. The van der Waals surface area contributed by atoms with E-state index in [2.05, 4.69) is 22.3 Å². The lowest BCUT2D eigenvalue weighted by atomic mass is 9.95. The zero-order valence-electron chi connectivity index (χ0n) is 18.8. The molecule has 1 atom stereocenters. The molecule has 8 nitrogen and oxygen atoms in total. The van der Waals surface area contributed by atoms with Gasteiger partial charge in [-0.3, -0.25) is 0 Å². The van der Waals surface area contributed by atoms with Gasteiger partial charge in [-0.25, -0.2) is 9.48 Å². The third-order valence-corrected chi connectivity index (χ3v) is 5.21. The topological polar surface area (TPSA) is 87.5 Å². The SMILES string of the molecule is CCCCCCOc1ccc([C@H]2C(C(=O)OCCC)=C(C)Nc3ncnn32)cc1OC. The Labute approximate surface area is 183 Å². The fraction of sp³-hybridized carbons (Fsp3) is 0.522. The average Bonchev–Trinajstić information content (AvgIpc) is 3.24. The first kappa shape index (κ1) is 22.7. The molecule has 0 unspecified atom stereocenters. The molecule has 2 aromatic rings. The molecule has 0 bridgehead atoms. The van der Waals surface area contributed by atoms with Crippen molar-refractivity contribution >= 4 is 11.9 Å². The monoisotopic (exact) mass is 428 g/mol. The van der Waals surface area contributed by atoms with E-state index >= 15 is 0 Å². The normalized spacial score (nSPS) is 15.3. The second kappa shape index (κ2) is 10.8. The van der Waals surface area contributed by atoms with E-state index in [-0.39, 0.29) is 5.97 Å². The molecule has 0 saturated heterocycles. The molecule has 1 aromatic carbocycles. The van der Waals surface area contributed by atoms with Crippen molar-refractivity contribution in [3.63, 3.8) is 0 Å². The van der Waals surface area contributed by atoms with Gasteiger partial charge in [0.2, 0.25) is 5.95 Å². The molecule has 1 aromatic heterocycles. The van der Waals surface area contributed by atoms with E-state index in [4.69, 9.17) is 14.2 Å². The van der Waals surface area contributed by atoms with Crippen LogP contribution in [0, 0.1) is 0 Å². The first-order valence-corrected chi connectivity index (χ1v) is 11.0. The number of esters is 1. The summed E-state index contributed by atoms with van der Waals surface area (Å²) in [6.07, 6.45) is 6.77. The first-order chi connectivity index (χ1) is 15.1. The van der Waals surface area contributed by atoms with Gasteiger partial charge < -0.3 is 19.5 Å². The molecule has 3 rings (SSSR count). The summed E-state index contributed by atoms with van der Waals surface area (Å²) >= 11 is 0. The second-order valence-electron chi connectivity index (χ2n) is 7.55. The van der Waals surface area contributed by atoms with Crippen molar-refractivity contribution in [2.24, 2.45) is 0 Å². The van der Waals surface area contributed by atoms with Crippen molar-refractivity contribution < 1.29 is 19.0 Å². The van der Waals surface area contributed by atoms with Crippen molar-refractivity contribution in [2.75, 3.05) is 25.6 Å². The van der Waals surface area contributed by atoms with Crippen LogP contribution in [-0.2, 0) is 9.53 Å². The summed E-state index contributed by atoms with van der Waals surface area (Å²) in [6.45, 7) is 7.00. The van der Waals surface area contributed by atoms with Gasteiger partial charge in [-0.2, -0.15) is 10.1 Å².